The lowest BCUT2D eigenvalue weighted by atomic mass is 10.0. The number of hydrogen-bond donors (Lipinski definition) is 0. The number of rotatable bonds is 2. The van der Waals surface area contributed by atoms with Crippen LogP contribution >= 0.6 is 11.6 Å². The zero-order valence-electron chi connectivity index (χ0n) is 13.2. The van der Waals surface area contributed by atoms with E-state index in [0.29, 0.717) is 18.0 Å². The molecule has 0 saturated heterocycles. The lowest BCUT2D eigenvalue weighted by Gasteiger charge is -2.18. The van der Waals surface area contributed by atoms with Crippen LogP contribution in [0.4, 0.5) is 10.1 Å². The van der Waals surface area contributed by atoms with Crippen LogP contribution < -0.4 is 4.90 Å². The molecule has 1 aliphatic heterocycles. The summed E-state index contributed by atoms with van der Waals surface area (Å²) < 4.78 is 14.0. The molecule has 3 nitrogen and oxygen atoms in total. The molecule has 1 aromatic heterocycles. The molecular formula is C20H14ClFN2O. The molecule has 1 amide bonds. The van der Waals surface area contributed by atoms with Crippen LogP contribution in [0, 0.1) is 5.82 Å². The van der Waals surface area contributed by atoms with Crippen LogP contribution in [0.15, 0.2) is 60.9 Å². The van der Waals surface area contributed by atoms with E-state index in [1.807, 2.05) is 24.3 Å². The molecule has 0 spiro atoms. The summed E-state index contributed by atoms with van der Waals surface area (Å²) in [6, 6.07) is 13.6. The molecule has 3 aromatic rings. The molecule has 25 heavy (non-hydrogen) atoms. The molecule has 4 rings (SSSR count). The van der Waals surface area contributed by atoms with Gasteiger partial charge in [-0.05, 0) is 41.8 Å². The van der Waals surface area contributed by atoms with E-state index in [9.17, 15) is 9.18 Å². The highest BCUT2D eigenvalue weighted by Gasteiger charge is 2.29. The molecule has 0 saturated carbocycles. The molecular weight excluding hydrogens is 339 g/mol. The predicted octanol–water partition coefficient (Wildman–Crippen LogP) is 4.74. The van der Waals surface area contributed by atoms with Crippen LogP contribution in [0.3, 0.4) is 0 Å². The Balaban J connectivity index is 1.74. The fourth-order valence-corrected chi connectivity index (χ4v) is 3.31. The van der Waals surface area contributed by atoms with Gasteiger partial charge in [0.05, 0.1) is 17.4 Å². The van der Waals surface area contributed by atoms with E-state index in [2.05, 4.69) is 4.98 Å². The first kappa shape index (κ1) is 15.8. The summed E-state index contributed by atoms with van der Waals surface area (Å²) in [5.74, 6) is -0.852. The Labute approximate surface area is 149 Å². The van der Waals surface area contributed by atoms with Crippen LogP contribution in [0.2, 0.25) is 5.02 Å². The van der Waals surface area contributed by atoms with Crippen molar-refractivity contribution in [3.63, 3.8) is 0 Å². The third-order valence-electron chi connectivity index (χ3n) is 4.42. The van der Waals surface area contributed by atoms with E-state index in [1.165, 1.54) is 12.1 Å². The van der Waals surface area contributed by atoms with Crippen LogP contribution in [0.1, 0.15) is 15.9 Å². The fraction of sp³-hybridized carbons (Fsp3) is 0.100. The summed E-state index contributed by atoms with van der Waals surface area (Å²) in [7, 11) is 0. The van der Waals surface area contributed by atoms with Crippen molar-refractivity contribution in [1.82, 2.24) is 4.98 Å². The Morgan fingerprint density at radius 2 is 1.84 bits per heavy atom. The van der Waals surface area contributed by atoms with Crippen LogP contribution in [0.5, 0.6) is 0 Å². The molecule has 0 fully saturated rings. The summed E-state index contributed by atoms with van der Waals surface area (Å²) in [5.41, 5.74) is 3.82. The van der Waals surface area contributed by atoms with E-state index in [-0.39, 0.29) is 11.5 Å². The molecule has 0 unspecified atom stereocenters. The minimum absolute atomic E-state index is 0.0762. The number of aromatic nitrogens is 1. The van der Waals surface area contributed by atoms with Gasteiger partial charge in [-0.2, -0.15) is 0 Å². The molecule has 2 aromatic carbocycles. The van der Waals surface area contributed by atoms with Gasteiger partial charge in [0.25, 0.3) is 5.91 Å². The third kappa shape index (κ3) is 2.79. The first-order chi connectivity index (χ1) is 12.1. The van der Waals surface area contributed by atoms with Gasteiger partial charge in [-0.15, -0.1) is 0 Å². The van der Waals surface area contributed by atoms with Crippen molar-refractivity contribution < 1.29 is 9.18 Å². The maximum absolute atomic E-state index is 14.0. The number of anilines is 1. The second kappa shape index (κ2) is 6.30. The van der Waals surface area contributed by atoms with Gasteiger partial charge in [0.1, 0.15) is 5.82 Å². The Bertz CT molecular complexity index is 956. The lowest BCUT2D eigenvalue weighted by molar-refractivity contribution is 0.0985. The van der Waals surface area contributed by atoms with Crippen molar-refractivity contribution in [2.45, 2.75) is 6.42 Å². The molecule has 0 radical (unpaired) electrons. The van der Waals surface area contributed by atoms with Crippen molar-refractivity contribution in [3.05, 3.63) is 82.9 Å². The molecule has 124 valence electrons. The summed E-state index contributed by atoms with van der Waals surface area (Å²) in [6.07, 6.45) is 4.16. The van der Waals surface area contributed by atoms with E-state index in [4.69, 9.17) is 11.6 Å². The van der Waals surface area contributed by atoms with Gasteiger partial charge < -0.3 is 4.90 Å². The van der Waals surface area contributed by atoms with Crippen molar-refractivity contribution in [1.29, 1.82) is 0 Å². The number of carbonyl (C=O) groups excluding carboxylic acids is 1. The second-order valence-corrected chi connectivity index (χ2v) is 6.31. The fourth-order valence-electron chi connectivity index (χ4n) is 3.18. The van der Waals surface area contributed by atoms with Gasteiger partial charge in [0.2, 0.25) is 0 Å². The SMILES string of the molecule is O=C(c1ccccc1F)N1CCc2c(-c3ccc(Cl)cc3)cncc21. The number of pyridine rings is 1. The van der Waals surface area contributed by atoms with Gasteiger partial charge in [-0.25, -0.2) is 4.39 Å². The van der Waals surface area contributed by atoms with Crippen LogP contribution in [-0.2, 0) is 6.42 Å². The maximum atomic E-state index is 14.0. The van der Waals surface area contributed by atoms with E-state index >= 15 is 0 Å². The first-order valence-electron chi connectivity index (χ1n) is 7.94. The predicted molar refractivity (Wildman–Crippen MR) is 96.5 cm³/mol. The first-order valence-corrected chi connectivity index (χ1v) is 8.32. The van der Waals surface area contributed by atoms with Gasteiger partial charge in [-0.3, -0.25) is 9.78 Å². The number of benzene rings is 2. The van der Waals surface area contributed by atoms with Gasteiger partial charge in [-0.1, -0.05) is 35.9 Å². The van der Waals surface area contributed by atoms with Crippen LogP contribution in [0.25, 0.3) is 11.1 Å². The molecule has 0 N–H and O–H groups in total. The topological polar surface area (TPSA) is 33.2 Å². The van der Waals surface area contributed by atoms with Gasteiger partial charge in [0, 0.05) is 23.3 Å². The molecule has 5 heteroatoms. The summed E-state index contributed by atoms with van der Waals surface area (Å²) in [4.78, 5) is 18.6. The Morgan fingerprint density at radius 3 is 2.60 bits per heavy atom. The Morgan fingerprint density at radius 1 is 1.08 bits per heavy atom. The van der Waals surface area contributed by atoms with E-state index < -0.39 is 5.82 Å². The maximum Gasteiger partial charge on any atom is 0.261 e. The molecule has 0 aliphatic carbocycles. The number of halogens is 2. The highest BCUT2D eigenvalue weighted by molar-refractivity contribution is 6.30. The minimum Gasteiger partial charge on any atom is -0.306 e. The normalized spacial score (nSPS) is 13.0. The van der Waals surface area contributed by atoms with Gasteiger partial charge in [0.15, 0.2) is 0 Å². The Hall–Kier alpha value is -2.72. The highest BCUT2D eigenvalue weighted by atomic mass is 35.5. The van der Waals surface area contributed by atoms with E-state index in [0.717, 1.165) is 22.4 Å². The summed E-state index contributed by atoms with van der Waals surface area (Å²) in [5, 5.41) is 0.667. The average Bonchev–Trinajstić information content (AvgIpc) is 3.06. The smallest absolute Gasteiger partial charge is 0.261 e. The van der Waals surface area contributed by atoms with Crippen molar-refractivity contribution in [3.8, 4) is 11.1 Å². The molecule has 2 heterocycles. The third-order valence-corrected chi connectivity index (χ3v) is 4.67. The minimum atomic E-state index is -0.511. The second-order valence-electron chi connectivity index (χ2n) is 5.88. The molecule has 0 atom stereocenters. The zero-order valence-corrected chi connectivity index (χ0v) is 14.0. The molecule has 1 aliphatic rings. The molecule has 0 bridgehead atoms. The monoisotopic (exact) mass is 352 g/mol. The number of hydrogen-bond acceptors (Lipinski definition) is 2. The summed E-state index contributed by atoms with van der Waals surface area (Å²) in [6.45, 7) is 0.509. The number of amides is 1. The number of fused-ring (bicyclic) bond motifs is 1. The van der Waals surface area contributed by atoms with Crippen molar-refractivity contribution in [2.75, 3.05) is 11.4 Å². The average molecular weight is 353 g/mol. The lowest BCUT2D eigenvalue weighted by Crippen LogP contribution is -2.29. The summed E-state index contributed by atoms with van der Waals surface area (Å²) >= 11 is 5.96. The number of nitrogens with zero attached hydrogens (tertiary/aromatic N) is 2. The standard InChI is InChI=1S/C20H14ClFN2O/c21-14-7-5-13(6-8-14)17-11-23-12-19-15(17)9-10-24(19)20(25)16-3-1-2-4-18(16)22/h1-8,11-12H,9-10H2. The number of carbonyl (C=O) groups is 1. The van der Waals surface area contributed by atoms with Crippen molar-refractivity contribution in [2.24, 2.45) is 0 Å². The van der Waals surface area contributed by atoms with Crippen molar-refractivity contribution >= 4 is 23.2 Å². The zero-order chi connectivity index (χ0) is 17.4. The van der Waals surface area contributed by atoms with Gasteiger partial charge >= 0.3 is 0 Å². The Kier molecular flexibility index (Phi) is 3.98. The van der Waals surface area contributed by atoms with Crippen LogP contribution in [-0.4, -0.2) is 17.4 Å². The largest absolute Gasteiger partial charge is 0.306 e. The quantitative estimate of drug-likeness (QED) is 0.667. The highest BCUT2D eigenvalue weighted by Crippen LogP contribution is 2.36. The van der Waals surface area contributed by atoms with E-state index in [1.54, 1.807) is 29.4 Å².